The van der Waals surface area contributed by atoms with Crippen molar-refractivity contribution in [1.82, 2.24) is 25.0 Å². The van der Waals surface area contributed by atoms with E-state index in [1.807, 2.05) is 0 Å². The van der Waals surface area contributed by atoms with Crippen molar-refractivity contribution in [3.63, 3.8) is 0 Å². The average Bonchev–Trinajstić information content (AvgIpc) is 3.38. The molecule has 0 saturated carbocycles. The normalized spacial score (nSPS) is 11.5. The number of halogens is 4. The van der Waals surface area contributed by atoms with Gasteiger partial charge in [-0.15, -0.1) is 21.5 Å². The number of hydrogen-bond acceptors (Lipinski definition) is 6. The number of nitrogens with one attached hydrogen (secondary N) is 1. The lowest BCUT2D eigenvalue weighted by Crippen LogP contribution is -2.16. The summed E-state index contributed by atoms with van der Waals surface area (Å²) in [5.74, 6) is -0.491. The Morgan fingerprint density at radius 2 is 1.97 bits per heavy atom. The van der Waals surface area contributed by atoms with Gasteiger partial charge < -0.3 is 5.32 Å². The van der Waals surface area contributed by atoms with Crippen LogP contribution in [0.25, 0.3) is 16.5 Å². The highest BCUT2D eigenvalue weighted by Crippen LogP contribution is 2.34. The molecule has 0 bridgehead atoms. The molecule has 0 radical (unpaired) electrons. The van der Waals surface area contributed by atoms with Crippen molar-refractivity contribution in [1.29, 1.82) is 0 Å². The van der Waals surface area contributed by atoms with Crippen LogP contribution in [0.15, 0.2) is 58.5 Å². The van der Waals surface area contributed by atoms with Crippen LogP contribution in [0.3, 0.4) is 0 Å². The standard InChI is InChI=1S/C18H10BrF3N6OS/c19-11-3-1-2-10(8-11)16(29)24-14-4-5-15(26-25-14)28-13(18(20,21)22)9-12(27-28)17-23-6-7-30-17/h1-9H,(H,24,25,29). The van der Waals surface area contributed by atoms with E-state index in [9.17, 15) is 18.0 Å². The van der Waals surface area contributed by atoms with Crippen LogP contribution < -0.4 is 5.32 Å². The second-order valence-electron chi connectivity index (χ2n) is 5.90. The van der Waals surface area contributed by atoms with Crippen molar-refractivity contribution in [2.45, 2.75) is 6.18 Å². The number of rotatable bonds is 4. The molecule has 0 fully saturated rings. The number of anilines is 1. The molecule has 0 spiro atoms. The second kappa shape index (κ2) is 7.95. The number of carbonyl (C=O) groups is 1. The summed E-state index contributed by atoms with van der Waals surface area (Å²) in [4.78, 5) is 16.3. The number of thiazole rings is 1. The minimum Gasteiger partial charge on any atom is -0.305 e. The largest absolute Gasteiger partial charge is 0.433 e. The van der Waals surface area contributed by atoms with E-state index in [0.29, 0.717) is 15.3 Å². The maximum Gasteiger partial charge on any atom is 0.433 e. The summed E-state index contributed by atoms with van der Waals surface area (Å²) in [6.45, 7) is 0. The van der Waals surface area contributed by atoms with Crippen molar-refractivity contribution in [3.05, 3.63) is 69.8 Å². The molecular formula is C18H10BrF3N6OS. The van der Waals surface area contributed by atoms with Gasteiger partial charge in [-0.1, -0.05) is 22.0 Å². The number of amides is 1. The number of hydrogen-bond donors (Lipinski definition) is 1. The zero-order chi connectivity index (χ0) is 21.3. The van der Waals surface area contributed by atoms with E-state index in [0.717, 1.165) is 10.5 Å². The summed E-state index contributed by atoms with van der Waals surface area (Å²) in [5.41, 5.74) is -0.547. The van der Waals surface area contributed by atoms with Crippen LogP contribution in [0, 0.1) is 0 Å². The van der Waals surface area contributed by atoms with Gasteiger partial charge in [-0.05, 0) is 36.4 Å². The van der Waals surface area contributed by atoms with Crippen molar-refractivity contribution in [3.8, 4) is 16.5 Å². The zero-order valence-electron chi connectivity index (χ0n) is 14.8. The monoisotopic (exact) mass is 494 g/mol. The molecule has 1 amide bonds. The van der Waals surface area contributed by atoms with Gasteiger partial charge >= 0.3 is 6.18 Å². The van der Waals surface area contributed by atoms with E-state index < -0.39 is 17.8 Å². The van der Waals surface area contributed by atoms with Gasteiger partial charge in [0.15, 0.2) is 17.3 Å². The molecule has 0 aliphatic rings. The van der Waals surface area contributed by atoms with E-state index in [4.69, 9.17) is 0 Å². The average molecular weight is 495 g/mol. The summed E-state index contributed by atoms with van der Waals surface area (Å²) in [7, 11) is 0. The highest BCUT2D eigenvalue weighted by molar-refractivity contribution is 9.10. The van der Waals surface area contributed by atoms with E-state index in [1.54, 1.807) is 29.6 Å². The number of aromatic nitrogens is 5. The van der Waals surface area contributed by atoms with Gasteiger partial charge in [-0.3, -0.25) is 4.79 Å². The van der Waals surface area contributed by atoms with Crippen LogP contribution in [0.1, 0.15) is 16.1 Å². The molecule has 0 saturated heterocycles. The number of alkyl halides is 3. The van der Waals surface area contributed by atoms with Crippen LogP contribution in [0.5, 0.6) is 0 Å². The third-order valence-electron chi connectivity index (χ3n) is 3.85. The van der Waals surface area contributed by atoms with Crippen molar-refractivity contribution in [2.75, 3.05) is 5.32 Å². The third-order valence-corrected chi connectivity index (χ3v) is 5.14. The fraction of sp³-hybridized carbons (Fsp3) is 0.0556. The Morgan fingerprint density at radius 3 is 2.60 bits per heavy atom. The lowest BCUT2D eigenvalue weighted by Gasteiger charge is -2.09. The van der Waals surface area contributed by atoms with E-state index in [-0.39, 0.29) is 17.3 Å². The van der Waals surface area contributed by atoms with Crippen LogP contribution in [-0.2, 0) is 6.18 Å². The maximum absolute atomic E-state index is 13.5. The quantitative estimate of drug-likeness (QED) is 0.439. The molecule has 0 aliphatic carbocycles. The highest BCUT2D eigenvalue weighted by Gasteiger charge is 2.37. The molecule has 4 aromatic rings. The SMILES string of the molecule is O=C(Nc1ccc(-n2nc(-c3nccs3)cc2C(F)(F)F)nn1)c1cccc(Br)c1. The van der Waals surface area contributed by atoms with Crippen molar-refractivity contribution in [2.24, 2.45) is 0 Å². The topological polar surface area (TPSA) is 85.6 Å². The molecule has 1 aromatic carbocycles. The lowest BCUT2D eigenvalue weighted by atomic mass is 10.2. The van der Waals surface area contributed by atoms with Crippen LogP contribution in [0.4, 0.5) is 19.0 Å². The van der Waals surface area contributed by atoms with E-state index in [1.165, 1.54) is 29.7 Å². The Morgan fingerprint density at radius 1 is 1.13 bits per heavy atom. The minimum atomic E-state index is -4.65. The molecular weight excluding hydrogens is 485 g/mol. The zero-order valence-corrected chi connectivity index (χ0v) is 17.2. The van der Waals surface area contributed by atoms with Crippen LogP contribution in [-0.4, -0.2) is 30.9 Å². The first-order valence-electron chi connectivity index (χ1n) is 8.29. The van der Waals surface area contributed by atoms with Crippen LogP contribution >= 0.6 is 27.3 Å². The first-order chi connectivity index (χ1) is 14.3. The second-order valence-corrected chi connectivity index (χ2v) is 7.71. The van der Waals surface area contributed by atoms with Gasteiger partial charge in [-0.2, -0.15) is 18.3 Å². The summed E-state index contributed by atoms with van der Waals surface area (Å²) >= 11 is 4.45. The molecule has 152 valence electrons. The Labute approximate surface area is 179 Å². The molecule has 7 nitrogen and oxygen atoms in total. The first kappa shape index (κ1) is 20.2. The van der Waals surface area contributed by atoms with Gasteiger partial charge in [0.25, 0.3) is 5.91 Å². The molecule has 3 aromatic heterocycles. The number of benzene rings is 1. The van der Waals surface area contributed by atoms with Gasteiger partial charge in [0, 0.05) is 21.6 Å². The Balaban J connectivity index is 1.62. The Hall–Kier alpha value is -3.12. The molecule has 30 heavy (non-hydrogen) atoms. The maximum atomic E-state index is 13.5. The minimum absolute atomic E-state index is 0.0751. The van der Waals surface area contributed by atoms with Gasteiger partial charge in [0.05, 0.1) is 0 Å². The number of carbonyl (C=O) groups excluding carboxylic acids is 1. The molecule has 0 aliphatic heterocycles. The van der Waals surface area contributed by atoms with Gasteiger partial charge in [-0.25, -0.2) is 9.67 Å². The van der Waals surface area contributed by atoms with Crippen molar-refractivity contribution >= 4 is 39.0 Å². The third kappa shape index (κ3) is 4.24. The van der Waals surface area contributed by atoms with Crippen LogP contribution in [0.2, 0.25) is 0 Å². The first-order valence-corrected chi connectivity index (χ1v) is 9.97. The predicted octanol–water partition coefficient (Wildman–Crippen LogP) is 4.82. The highest BCUT2D eigenvalue weighted by atomic mass is 79.9. The molecule has 1 N–H and O–H groups in total. The summed E-state index contributed by atoms with van der Waals surface area (Å²) in [5, 5.41) is 16.1. The van der Waals surface area contributed by atoms with Crippen molar-refractivity contribution < 1.29 is 18.0 Å². The smallest absolute Gasteiger partial charge is 0.305 e. The number of nitrogens with zero attached hydrogens (tertiary/aromatic N) is 5. The predicted molar refractivity (Wildman–Crippen MR) is 107 cm³/mol. The molecule has 0 atom stereocenters. The lowest BCUT2D eigenvalue weighted by molar-refractivity contribution is -0.142. The Bertz CT molecular complexity index is 1190. The summed E-state index contributed by atoms with van der Waals surface area (Å²) in [6.07, 6.45) is -3.17. The van der Waals surface area contributed by atoms with Gasteiger partial charge in [0.2, 0.25) is 0 Å². The fourth-order valence-corrected chi connectivity index (χ4v) is 3.53. The fourth-order valence-electron chi connectivity index (χ4n) is 2.54. The molecule has 12 heteroatoms. The van der Waals surface area contributed by atoms with E-state index >= 15 is 0 Å². The molecule has 0 unspecified atom stereocenters. The molecule has 3 heterocycles. The summed E-state index contributed by atoms with van der Waals surface area (Å²) in [6, 6.07) is 10.2. The Kier molecular flexibility index (Phi) is 5.35. The van der Waals surface area contributed by atoms with Gasteiger partial charge in [0.1, 0.15) is 10.7 Å². The molecule has 4 rings (SSSR count). The summed E-state index contributed by atoms with van der Waals surface area (Å²) < 4.78 is 41.8. The van der Waals surface area contributed by atoms with E-state index in [2.05, 4.69) is 41.5 Å².